The molecule has 0 N–H and O–H groups in total. The Morgan fingerprint density at radius 1 is 0.871 bits per heavy atom. The SMILES string of the molecule is CCCC(CCC)C(=O)CC(C)=O.CCCC(CCC)c1cc(C)nc2cc(C)nn12. The molecule has 174 valence electrons. The van der Waals surface area contributed by atoms with Crippen LogP contribution in [0.3, 0.4) is 0 Å². The minimum atomic E-state index is -0.0118. The minimum absolute atomic E-state index is 0.0118. The van der Waals surface area contributed by atoms with Crippen LogP contribution in [-0.2, 0) is 9.59 Å². The number of carbonyl (C=O) groups excluding carboxylic acids is 2. The lowest BCUT2D eigenvalue weighted by atomic mass is 9.91. The van der Waals surface area contributed by atoms with E-state index in [-0.39, 0.29) is 23.9 Å². The molecule has 0 aliphatic carbocycles. The lowest BCUT2D eigenvalue weighted by Crippen LogP contribution is -2.16. The van der Waals surface area contributed by atoms with Crippen molar-refractivity contribution in [2.45, 2.75) is 112 Å². The van der Waals surface area contributed by atoms with E-state index in [4.69, 9.17) is 0 Å². The van der Waals surface area contributed by atoms with Crippen molar-refractivity contribution >= 4 is 17.2 Å². The van der Waals surface area contributed by atoms with Crippen LogP contribution in [-0.4, -0.2) is 26.2 Å². The van der Waals surface area contributed by atoms with Crippen molar-refractivity contribution in [2.24, 2.45) is 5.92 Å². The number of aromatic nitrogens is 3. The smallest absolute Gasteiger partial charge is 0.155 e. The highest BCUT2D eigenvalue weighted by molar-refractivity contribution is 5.98. The Bertz CT molecular complexity index is 813. The van der Waals surface area contributed by atoms with E-state index >= 15 is 0 Å². The molecule has 2 aromatic heterocycles. The third kappa shape index (κ3) is 8.92. The first-order valence-electron chi connectivity index (χ1n) is 12.1. The van der Waals surface area contributed by atoms with Gasteiger partial charge in [-0.1, -0.05) is 53.4 Å². The van der Waals surface area contributed by atoms with Gasteiger partial charge in [0, 0.05) is 29.3 Å². The maximum Gasteiger partial charge on any atom is 0.155 e. The summed E-state index contributed by atoms with van der Waals surface area (Å²) in [5, 5.41) is 4.59. The van der Waals surface area contributed by atoms with Crippen molar-refractivity contribution in [3.63, 3.8) is 0 Å². The van der Waals surface area contributed by atoms with Crippen LogP contribution in [0.15, 0.2) is 12.1 Å². The maximum absolute atomic E-state index is 11.5. The zero-order valence-corrected chi connectivity index (χ0v) is 20.8. The molecule has 5 heteroatoms. The standard InChI is InChI=1S/C15H23N3.C11H20O2/c1-5-7-13(8-6-2)14-9-11(3)16-15-10-12(4)17-18(14)15;1-4-6-10(7-5-2)11(13)8-9(3)12/h9-10,13H,5-8H2,1-4H3;10H,4-8H2,1-3H3. The fourth-order valence-electron chi connectivity index (χ4n) is 4.22. The molecule has 0 fully saturated rings. The molecule has 0 aliphatic rings. The fraction of sp³-hybridized carbons (Fsp3) is 0.692. The molecule has 0 amide bonds. The zero-order chi connectivity index (χ0) is 23.4. The summed E-state index contributed by atoms with van der Waals surface area (Å²) in [4.78, 5) is 26.8. The summed E-state index contributed by atoms with van der Waals surface area (Å²) in [5.74, 6) is 0.848. The zero-order valence-electron chi connectivity index (χ0n) is 20.8. The highest BCUT2D eigenvalue weighted by atomic mass is 16.1. The third-order valence-electron chi connectivity index (χ3n) is 5.55. The summed E-state index contributed by atoms with van der Waals surface area (Å²) in [5.41, 5.74) is 4.45. The van der Waals surface area contributed by atoms with Crippen LogP contribution >= 0.6 is 0 Å². The summed E-state index contributed by atoms with van der Waals surface area (Å²) >= 11 is 0. The van der Waals surface area contributed by atoms with Crippen LogP contribution < -0.4 is 0 Å². The second-order valence-corrected chi connectivity index (χ2v) is 8.77. The lowest BCUT2D eigenvalue weighted by molar-refractivity contribution is -0.128. The molecular weight excluding hydrogens is 386 g/mol. The van der Waals surface area contributed by atoms with Gasteiger partial charge in [0.2, 0.25) is 0 Å². The van der Waals surface area contributed by atoms with Crippen molar-refractivity contribution in [3.05, 3.63) is 29.2 Å². The summed E-state index contributed by atoms with van der Waals surface area (Å²) in [6.45, 7) is 14.2. The number of rotatable bonds is 12. The van der Waals surface area contributed by atoms with E-state index in [0.29, 0.717) is 5.92 Å². The van der Waals surface area contributed by atoms with Crippen LogP contribution in [0.25, 0.3) is 5.65 Å². The molecule has 2 rings (SSSR count). The molecule has 0 saturated heterocycles. The molecule has 0 atom stereocenters. The number of nitrogens with zero attached hydrogens (tertiary/aromatic N) is 3. The number of hydrogen-bond acceptors (Lipinski definition) is 4. The van der Waals surface area contributed by atoms with E-state index in [1.807, 2.05) is 11.4 Å². The van der Waals surface area contributed by atoms with E-state index in [0.717, 1.165) is 42.7 Å². The van der Waals surface area contributed by atoms with E-state index < -0.39 is 0 Å². The molecule has 2 aromatic rings. The van der Waals surface area contributed by atoms with Crippen LogP contribution in [0.5, 0.6) is 0 Å². The van der Waals surface area contributed by atoms with Crippen molar-refractivity contribution in [3.8, 4) is 0 Å². The Balaban J connectivity index is 0.000000330. The van der Waals surface area contributed by atoms with Gasteiger partial charge in [0.05, 0.1) is 12.1 Å². The molecule has 5 nitrogen and oxygen atoms in total. The number of hydrogen-bond donors (Lipinski definition) is 0. The van der Waals surface area contributed by atoms with Crippen LogP contribution in [0, 0.1) is 19.8 Å². The van der Waals surface area contributed by atoms with E-state index in [1.54, 1.807) is 0 Å². The third-order valence-corrected chi connectivity index (χ3v) is 5.55. The summed E-state index contributed by atoms with van der Waals surface area (Å²) in [6, 6.07) is 4.26. The average Bonchev–Trinajstić information content (AvgIpc) is 3.07. The van der Waals surface area contributed by atoms with Gasteiger partial charge in [0.25, 0.3) is 0 Å². The predicted molar refractivity (Wildman–Crippen MR) is 129 cm³/mol. The van der Waals surface area contributed by atoms with E-state index in [1.165, 1.54) is 38.3 Å². The van der Waals surface area contributed by atoms with E-state index in [2.05, 4.69) is 56.8 Å². The monoisotopic (exact) mass is 429 g/mol. The molecule has 0 aromatic carbocycles. The molecular formula is C26H43N3O2. The van der Waals surface area contributed by atoms with Gasteiger partial charge >= 0.3 is 0 Å². The molecule has 0 unspecified atom stereocenters. The summed E-state index contributed by atoms with van der Waals surface area (Å²) in [7, 11) is 0. The quantitative estimate of drug-likeness (QED) is 0.349. The first-order chi connectivity index (χ1) is 14.8. The first-order valence-corrected chi connectivity index (χ1v) is 12.1. The van der Waals surface area contributed by atoms with Gasteiger partial charge in [-0.05, 0) is 52.5 Å². The highest BCUT2D eigenvalue weighted by Gasteiger charge is 2.17. The van der Waals surface area contributed by atoms with Gasteiger partial charge in [-0.15, -0.1) is 0 Å². The molecule has 0 aliphatic heterocycles. The summed E-state index contributed by atoms with van der Waals surface area (Å²) < 4.78 is 2.04. The van der Waals surface area contributed by atoms with E-state index in [9.17, 15) is 9.59 Å². The topological polar surface area (TPSA) is 64.3 Å². The summed E-state index contributed by atoms with van der Waals surface area (Å²) in [6.07, 6.45) is 8.92. The average molecular weight is 430 g/mol. The Kier molecular flexibility index (Phi) is 12.3. The molecule has 0 radical (unpaired) electrons. The van der Waals surface area contributed by atoms with Crippen molar-refractivity contribution in [1.29, 1.82) is 0 Å². The second kappa shape index (κ2) is 14.1. The molecule has 0 saturated carbocycles. The normalized spacial score (nSPS) is 11.1. The largest absolute Gasteiger partial charge is 0.300 e. The van der Waals surface area contributed by atoms with Crippen LogP contribution in [0.4, 0.5) is 0 Å². The van der Waals surface area contributed by atoms with Crippen molar-refractivity contribution in [1.82, 2.24) is 14.6 Å². The Labute approximate surface area is 189 Å². The first kappa shape index (κ1) is 27.0. The van der Waals surface area contributed by atoms with Gasteiger partial charge in [0.15, 0.2) is 5.65 Å². The van der Waals surface area contributed by atoms with Crippen molar-refractivity contribution in [2.75, 3.05) is 0 Å². The molecule has 0 spiro atoms. The number of Topliss-reactive ketones (excluding diaryl/α,β-unsaturated/α-hetero) is 2. The molecule has 0 bridgehead atoms. The van der Waals surface area contributed by atoms with Crippen LogP contribution in [0.2, 0.25) is 0 Å². The number of carbonyl (C=O) groups is 2. The fourth-order valence-corrected chi connectivity index (χ4v) is 4.22. The van der Waals surface area contributed by atoms with Gasteiger partial charge in [-0.3, -0.25) is 9.59 Å². The Morgan fingerprint density at radius 2 is 1.42 bits per heavy atom. The van der Waals surface area contributed by atoms with Gasteiger partial charge < -0.3 is 0 Å². The number of ketones is 2. The molecule has 2 heterocycles. The highest BCUT2D eigenvalue weighted by Crippen LogP contribution is 2.27. The van der Waals surface area contributed by atoms with Gasteiger partial charge in [-0.2, -0.15) is 5.10 Å². The minimum Gasteiger partial charge on any atom is -0.300 e. The second-order valence-electron chi connectivity index (χ2n) is 8.77. The number of aryl methyl sites for hydroxylation is 2. The Hall–Kier alpha value is -2.04. The maximum atomic E-state index is 11.5. The van der Waals surface area contributed by atoms with Crippen LogP contribution in [0.1, 0.15) is 115 Å². The number of fused-ring (bicyclic) bond motifs is 1. The Morgan fingerprint density at radius 3 is 1.90 bits per heavy atom. The van der Waals surface area contributed by atoms with Gasteiger partial charge in [0.1, 0.15) is 11.6 Å². The predicted octanol–water partition coefficient (Wildman–Crippen LogP) is 6.78. The van der Waals surface area contributed by atoms with Crippen molar-refractivity contribution < 1.29 is 9.59 Å². The lowest BCUT2D eigenvalue weighted by Gasteiger charge is -2.17. The molecule has 31 heavy (non-hydrogen) atoms. The van der Waals surface area contributed by atoms with Gasteiger partial charge in [-0.25, -0.2) is 9.50 Å².